The van der Waals surface area contributed by atoms with Gasteiger partial charge in [-0.2, -0.15) is 5.26 Å². The molecule has 3 nitrogen and oxygen atoms in total. The van der Waals surface area contributed by atoms with E-state index < -0.39 is 0 Å². The topological polar surface area (TPSA) is 59.0 Å². The number of nitrogen functional groups attached to an aromatic ring is 1. The van der Waals surface area contributed by atoms with E-state index in [4.69, 9.17) is 15.7 Å². The molecular formula is C10H12N2OS. The molecule has 1 aromatic rings. The Morgan fingerprint density at radius 2 is 2.43 bits per heavy atom. The summed E-state index contributed by atoms with van der Waals surface area (Å²) in [6.07, 6.45) is 3.12. The number of hydrogen-bond donors (Lipinski definition) is 1. The average Bonchev–Trinajstić information content (AvgIpc) is 2.51. The molecule has 1 unspecified atom stereocenters. The van der Waals surface area contributed by atoms with E-state index in [1.54, 1.807) is 7.11 Å². The van der Waals surface area contributed by atoms with Crippen molar-refractivity contribution in [2.75, 3.05) is 12.8 Å². The summed E-state index contributed by atoms with van der Waals surface area (Å²) < 4.78 is 5.31. The summed E-state index contributed by atoms with van der Waals surface area (Å²) in [6.45, 7) is 0. The molecule has 1 aromatic heterocycles. The molecule has 74 valence electrons. The number of anilines is 1. The lowest BCUT2D eigenvalue weighted by Gasteiger charge is -2.20. The second-order valence-corrected chi connectivity index (χ2v) is 4.59. The largest absolute Gasteiger partial charge is 0.389 e. The van der Waals surface area contributed by atoms with Crippen molar-refractivity contribution < 1.29 is 4.74 Å². The van der Waals surface area contributed by atoms with Crippen molar-refractivity contribution >= 4 is 16.3 Å². The van der Waals surface area contributed by atoms with Gasteiger partial charge in [0.25, 0.3) is 0 Å². The van der Waals surface area contributed by atoms with Crippen LogP contribution in [-0.2, 0) is 17.6 Å². The number of nitrogens with zero attached hydrogens (tertiary/aromatic N) is 1. The van der Waals surface area contributed by atoms with E-state index in [1.165, 1.54) is 16.2 Å². The van der Waals surface area contributed by atoms with Gasteiger partial charge in [0.05, 0.1) is 11.7 Å². The minimum Gasteiger partial charge on any atom is -0.389 e. The van der Waals surface area contributed by atoms with Gasteiger partial charge in [0, 0.05) is 18.4 Å². The lowest BCUT2D eigenvalue weighted by atomic mass is 9.94. The van der Waals surface area contributed by atoms with Gasteiger partial charge in [-0.3, -0.25) is 0 Å². The third-order valence-electron chi connectivity index (χ3n) is 2.69. The van der Waals surface area contributed by atoms with Crippen LogP contribution in [0.15, 0.2) is 0 Å². The first kappa shape index (κ1) is 9.50. The van der Waals surface area contributed by atoms with E-state index in [2.05, 4.69) is 6.07 Å². The monoisotopic (exact) mass is 208 g/mol. The van der Waals surface area contributed by atoms with Gasteiger partial charge in [0.15, 0.2) is 0 Å². The van der Waals surface area contributed by atoms with E-state index >= 15 is 0 Å². The first-order chi connectivity index (χ1) is 6.76. The fourth-order valence-electron chi connectivity index (χ4n) is 1.90. The lowest BCUT2D eigenvalue weighted by molar-refractivity contribution is 0.0920. The van der Waals surface area contributed by atoms with Gasteiger partial charge in [-0.15, -0.1) is 11.3 Å². The highest BCUT2D eigenvalue weighted by atomic mass is 32.1. The number of nitriles is 1. The van der Waals surface area contributed by atoms with Crippen LogP contribution in [0.2, 0.25) is 0 Å². The van der Waals surface area contributed by atoms with Crippen LogP contribution in [0.3, 0.4) is 0 Å². The Labute approximate surface area is 87.1 Å². The van der Waals surface area contributed by atoms with Gasteiger partial charge in [0.2, 0.25) is 0 Å². The highest BCUT2D eigenvalue weighted by Crippen LogP contribution is 2.36. The summed E-state index contributed by atoms with van der Waals surface area (Å²) in [5.74, 6) is 0. The van der Waals surface area contributed by atoms with Crippen molar-refractivity contribution in [1.29, 1.82) is 5.26 Å². The fourth-order valence-corrected chi connectivity index (χ4v) is 3.03. The molecule has 1 heterocycles. The molecule has 0 bridgehead atoms. The standard InChI is InChI=1S/C10H12N2OS/c1-13-6-2-3-7-8(5-11)10(12)14-9(7)4-6/h6H,2-4,12H2,1H3. The van der Waals surface area contributed by atoms with Crippen LogP contribution >= 0.6 is 11.3 Å². The van der Waals surface area contributed by atoms with E-state index in [1.807, 2.05) is 0 Å². The number of ether oxygens (including phenoxy) is 1. The number of nitrogens with two attached hydrogens (primary N) is 1. The summed E-state index contributed by atoms with van der Waals surface area (Å²) in [5, 5.41) is 9.59. The number of methoxy groups -OCH3 is 1. The van der Waals surface area contributed by atoms with Crippen molar-refractivity contribution in [1.82, 2.24) is 0 Å². The smallest absolute Gasteiger partial charge is 0.104 e. The first-order valence-electron chi connectivity index (χ1n) is 4.59. The fraction of sp³-hybridized carbons (Fsp3) is 0.500. The van der Waals surface area contributed by atoms with Crippen LogP contribution in [0.4, 0.5) is 5.00 Å². The SMILES string of the molecule is COC1CCc2c(sc(N)c2C#N)C1. The Morgan fingerprint density at radius 1 is 1.64 bits per heavy atom. The molecule has 0 fully saturated rings. The maximum atomic E-state index is 8.93. The molecule has 0 aliphatic heterocycles. The second-order valence-electron chi connectivity index (χ2n) is 3.46. The molecule has 2 N–H and O–H groups in total. The molecule has 0 aromatic carbocycles. The van der Waals surface area contributed by atoms with Gasteiger partial charge in [0.1, 0.15) is 11.1 Å². The van der Waals surface area contributed by atoms with E-state index in [-0.39, 0.29) is 0 Å². The van der Waals surface area contributed by atoms with E-state index in [9.17, 15) is 0 Å². The van der Waals surface area contributed by atoms with Crippen LogP contribution in [-0.4, -0.2) is 13.2 Å². The molecule has 1 aliphatic carbocycles. The normalized spacial score (nSPS) is 20.1. The molecule has 0 saturated heterocycles. The second kappa shape index (κ2) is 3.60. The van der Waals surface area contributed by atoms with Crippen LogP contribution in [0, 0.1) is 11.3 Å². The number of fused-ring (bicyclic) bond motifs is 1. The van der Waals surface area contributed by atoms with Crippen molar-refractivity contribution in [2.45, 2.75) is 25.4 Å². The number of rotatable bonds is 1. The van der Waals surface area contributed by atoms with E-state index in [0.29, 0.717) is 16.7 Å². The Hall–Kier alpha value is -1.05. The third-order valence-corrected chi connectivity index (χ3v) is 3.78. The number of thiophene rings is 1. The quantitative estimate of drug-likeness (QED) is 0.764. The molecule has 14 heavy (non-hydrogen) atoms. The summed E-state index contributed by atoms with van der Waals surface area (Å²) in [6, 6.07) is 2.18. The highest BCUT2D eigenvalue weighted by Gasteiger charge is 2.24. The molecule has 0 spiro atoms. The van der Waals surface area contributed by atoms with Crippen LogP contribution < -0.4 is 5.73 Å². The van der Waals surface area contributed by atoms with Gasteiger partial charge in [-0.25, -0.2) is 0 Å². The zero-order valence-corrected chi connectivity index (χ0v) is 8.86. The molecule has 0 saturated carbocycles. The van der Waals surface area contributed by atoms with Gasteiger partial charge in [-0.05, 0) is 18.4 Å². The predicted molar refractivity (Wildman–Crippen MR) is 56.3 cm³/mol. The van der Waals surface area contributed by atoms with Crippen molar-refractivity contribution in [3.05, 3.63) is 16.0 Å². The van der Waals surface area contributed by atoms with Gasteiger partial charge in [-0.1, -0.05) is 0 Å². The molecule has 0 amide bonds. The highest BCUT2D eigenvalue weighted by molar-refractivity contribution is 7.16. The van der Waals surface area contributed by atoms with Crippen molar-refractivity contribution in [3.8, 4) is 6.07 Å². The van der Waals surface area contributed by atoms with E-state index in [0.717, 1.165) is 24.8 Å². The van der Waals surface area contributed by atoms with Crippen LogP contribution in [0.5, 0.6) is 0 Å². The Bertz CT molecular complexity index is 392. The lowest BCUT2D eigenvalue weighted by Crippen LogP contribution is -2.19. The van der Waals surface area contributed by atoms with Crippen LogP contribution in [0.1, 0.15) is 22.4 Å². The third kappa shape index (κ3) is 1.39. The summed E-state index contributed by atoms with van der Waals surface area (Å²) in [5.41, 5.74) is 7.62. The van der Waals surface area contributed by atoms with Crippen molar-refractivity contribution in [3.63, 3.8) is 0 Å². The maximum absolute atomic E-state index is 8.93. The average molecular weight is 208 g/mol. The van der Waals surface area contributed by atoms with Crippen molar-refractivity contribution in [2.24, 2.45) is 0 Å². The Morgan fingerprint density at radius 3 is 3.07 bits per heavy atom. The predicted octanol–water partition coefficient (Wildman–Crippen LogP) is 1.71. The molecule has 0 radical (unpaired) electrons. The molecule has 1 aliphatic rings. The first-order valence-corrected chi connectivity index (χ1v) is 5.40. The summed E-state index contributed by atoms with van der Waals surface area (Å²) in [4.78, 5) is 1.23. The zero-order chi connectivity index (χ0) is 10.1. The molecule has 2 rings (SSSR count). The minimum atomic E-state index is 0.298. The Balaban J connectivity index is 2.37. The Kier molecular flexibility index (Phi) is 2.44. The van der Waals surface area contributed by atoms with Gasteiger partial charge < -0.3 is 10.5 Å². The molecular weight excluding hydrogens is 196 g/mol. The summed E-state index contributed by atoms with van der Waals surface area (Å²) >= 11 is 1.54. The molecule has 1 atom stereocenters. The maximum Gasteiger partial charge on any atom is 0.104 e. The minimum absolute atomic E-state index is 0.298. The van der Waals surface area contributed by atoms with Gasteiger partial charge >= 0.3 is 0 Å². The zero-order valence-electron chi connectivity index (χ0n) is 8.04. The number of hydrogen-bond acceptors (Lipinski definition) is 4. The van der Waals surface area contributed by atoms with Crippen LogP contribution in [0.25, 0.3) is 0 Å². The molecule has 4 heteroatoms. The summed E-state index contributed by atoms with van der Waals surface area (Å²) in [7, 11) is 1.73.